The first kappa shape index (κ1) is 40.7. The number of nitro benzene ring substituents is 2. The number of aliphatic carboxylic acids is 1. The minimum Gasteiger partial charge on any atom is -0.481 e. The molecule has 5 atom stereocenters. The Kier molecular flexibility index (Phi) is 15.4. The fourth-order valence-electron chi connectivity index (χ4n) is 4.84. The van der Waals surface area contributed by atoms with Crippen LogP contribution in [-0.2, 0) is 30.4 Å². The minimum atomic E-state index is -1.98. The van der Waals surface area contributed by atoms with Crippen molar-refractivity contribution in [2.24, 2.45) is 17.6 Å². The highest BCUT2D eigenvalue weighted by atomic mass is 16.6. The van der Waals surface area contributed by atoms with Crippen LogP contribution in [0.2, 0.25) is 0 Å². The Bertz CT molecular complexity index is 1520. The van der Waals surface area contributed by atoms with Gasteiger partial charge in [0.25, 0.3) is 17.3 Å². The Morgan fingerprint density at radius 3 is 1.90 bits per heavy atom. The molecule has 50 heavy (non-hydrogen) atoms. The number of hydrogen-bond donors (Lipinski definition) is 7. The van der Waals surface area contributed by atoms with E-state index in [2.05, 4.69) is 21.3 Å². The molecule has 0 saturated carbocycles. The van der Waals surface area contributed by atoms with Crippen LogP contribution in [0.1, 0.15) is 52.5 Å². The third-order valence-electron chi connectivity index (χ3n) is 7.46. The Balaban J connectivity index is 2.34. The van der Waals surface area contributed by atoms with Gasteiger partial charge in [-0.25, -0.2) is 0 Å². The van der Waals surface area contributed by atoms with Crippen molar-refractivity contribution in [2.45, 2.75) is 83.6 Å². The fraction of sp³-hybridized carbons (Fsp3) is 0.469. The predicted molar refractivity (Wildman–Crippen MR) is 179 cm³/mol. The number of amides is 4. The Labute approximate surface area is 287 Å². The van der Waals surface area contributed by atoms with Crippen LogP contribution in [0.5, 0.6) is 0 Å². The number of non-ortho nitro benzene ring substituents is 2. The highest BCUT2D eigenvalue weighted by Crippen LogP contribution is 2.26. The Morgan fingerprint density at radius 2 is 1.40 bits per heavy atom. The van der Waals surface area contributed by atoms with Gasteiger partial charge in [0.1, 0.15) is 12.1 Å². The van der Waals surface area contributed by atoms with Crippen LogP contribution in [-0.4, -0.2) is 79.9 Å². The summed E-state index contributed by atoms with van der Waals surface area (Å²) in [5.41, 5.74) is 4.71. The number of nitrogens with one attached hydrogen (secondary N) is 4. The summed E-state index contributed by atoms with van der Waals surface area (Å²) in [6, 6.07) is 6.04. The number of aliphatic hydroxyl groups is 1. The van der Waals surface area contributed by atoms with Gasteiger partial charge in [-0.15, -0.1) is 0 Å². The summed E-state index contributed by atoms with van der Waals surface area (Å²) in [6.45, 7) is 6.87. The summed E-state index contributed by atoms with van der Waals surface area (Å²) >= 11 is 0. The molecule has 0 radical (unpaired) electrons. The first-order chi connectivity index (χ1) is 23.4. The third kappa shape index (κ3) is 12.8. The maximum atomic E-state index is 13.7. The molecule has 2 rings (SSSR count). The quantitative estimate of drug-likeness (QED) is 0.0808. The van der Waals surface area contributed by atoms with Crippen LogP contribution in [0.25, 0.3) is 0 Å². The molecule has 272 valence electrons. The standard InChI is InChI=1S/C32H43N7O11/c1-17(2)12-25(36-31(45)27(18(3)4)37-29(43)23(33)10-11-26(40)41)30(44)35-24(13-19-8-6-5-7-9-19)28(42)32(46)34-20-14-21(38(47)48)16-22(15-20)39(49)50/h5-9,14-18,23-25,27-28,42H,10-13,33H2,1-4H3,(H,34,46)(H,35,44)(H,36,45)(H,37,43)(H,40,41)/t23-,24-,25-,27-,28+/m0/s1. The number of carboxylic acid groups (broad SMARTS) is 1. The zero-order chi connectivity index (χ0) is 37.7. The van der Waals surface area contributed by atoms with Gasteiger partial charge in [-0.05, 0) is 36.7 Å². The lowest BCUT2D eigenvalue weighted by atomic mass is 9.97. The van der Waals surface area contributed by atoms with E-state index in [1.165, 1.54) is 0 Å². The molecular weight excluding hydrogens is 658 g/mol. The number of benzene rings is 2. The zero-order valence-electron chi connectivity index (χ0n) is 28.0. The molecular formula is C32H43N7O11. The molecule has 0 aromatic heterocycles. The van der Waals surface area contributed by atoms with Crippen LogP contribution >= 0.6 is 0 Å². The summed E-state index contributed by atoms with van der Waals surface area (Å²) in [6.07, 6.45) is -2.49. The zero-order valence-corrected chi connectivity index (χ0v) is 28.0. The number of nitro groups is 2. The molecule has 2 aromatic rings. The average Bonchev–Trinajstić information content (AvgIpc) is 3.04. The second kappa shape index (κ2) is 18.9. The van der Waals surface area contributed by atoms with E-state index in [-0.39, 0.29) is 37.3 Å². The van der Waals surface area contributed by atoms with Crippen molar-refractivity contribution in [2.75, 3.05) is 5.32 Å². The Morgan fingerprint density at radius 1 is 0.820 bits per heavy atom. The molecule has 4 amide bonds. The van der Waals surface area contributed by atoms with Crippen LogP contribution in [0, 0.1) is 32.1 Å². The minimum absolute atomic E-state index is 0.0858. The number of carbonyl (C=O) groups is 5. The van der Waals surface area contributed by atoms with Crippen LogP contribution in [0.3, 0.4) is 0 Å². The first-order valence-corrected chi connectivity index (χ1v) is 15.7. The van der Waals surface area contributed by atoms with E-state index in [0.29, 0.717) is 11.6 Å². The van der Waals surface area contributed by atoms with Gasteiger partial charge in [0.15, 0.2) is 6.10 Å². The number of carbonyl (C=O) groups excluding carboxylic acids is 4. The molecule has 0 saturated heterocycles. The van der Waals surface area contributed by atoms with E-state index in [1.807, 2.05) is 0 Å². The fourth-order valence-corrected chi connectivity index (χ4v) is 4.84. The maximum absolute atomic E-state index is 13.7. The van der Waals surface area contributed by atoms with E-state index in [4.69, 9.17) is 10.8 Å². The largest absolute Gasteiger partial charge is 0.481 e. The molecule has 0 fully saturated rings. The second-order valence-electron chi connectivity index (χ2n) is 12.5. The lowest BCUT2D eigenvalue weighted by Crippen LogP contribution is -2.59. The summed E-state index contributed by atoms with van der Waals surface area (Å²) < 4.78 is 0. The van der Waals surface area contributed by atoms with Crippen molar-refractivity contribution >= 4 is 46.7 Å². The van der Waals surface area contributed by atoms with Gasteiger partial charge in [0.2, 0.25) is 17.7 Å². The molecule has 2 aromatic carbocycles. The van der Waals surface area contributed by atoms with Crippen molar-refractivity contribution < 1.29 is 44.0 Å². The Hall–Kier alpha value is -5.49. The number of rotatable bonds is 19. The highest BCUT2D eigenvalue weighted by Gasteiger charge is 2.34. The first-order valence-electron chi connectivity index (χ1n) is 15.7. The molecule has 18 heteroatoms. The van der Waals surface area contributed by atoms with Crippen LogP contribution < -0.4 is 27.0 Å². The van der Waals surface area contributed by atoms with Gasteiger partial charge in [0.05, 0.1) is 33.7 Å². The number of nitrogens with two attached hydrogens (primary N) is 1. The number of anilines is 1. The van der Waals surface area contributed by atoms with E-state index in [9.17, 15) is 49.3 Å². The van der Waals surface area contributed by atoms with Crippen molar-refractivity contribution in [1.82, 2.24) is 16.0 Å². The topological polar surface area (TPSA) is 286 Å². The monoisotopic (exact) mass is 701 g/mol. The SMILES string of the molecule is CC(C)C[C@H](NC(=O)[C@@H](NC(=O)[C@@H](N)CCC(=O)O)C(C)C)C(=O)N[C@@H](Cc1ccccc1)[C@@H](O)C(=O)Nc1cc([N+](=O)[O-])cc([N+](=O)[O-])c1. The molecule has 0 aliphatic carbocycles. The smallest absolute Gasteiger partial charge is 0.303 e. The second-order valence-corrected chi connectivity index (χ2v) is 12.5. The molecule has 8 N–H and O–H groups in total. The average molecular weight is 702 g/mol. The van der Waals surface area contributed by atoms with Gasteiger partial charge >= 0.3 is 5.97 Å². The van der Waals surface area contributed by atoms with Gasteiger partial charge in [0, 0.05) is 18.6 Å². The molecule has 0 aliphatic rings. The lowest BCUT2D eigenvalue weighted by molar-refractivity contribution is -0.394. The van der Waals surface area contributed by atoms with Crippen molar-refractivity contribution in [3.8, 4) is 0 Å². The predicted octanol–water partition coefficient (Wildman–Crippen LogP) is 1.39. The number of nitrogens with zero attached hydrogens (tertiary/aromatic N) is 2. The number of hydrogen-bond acceptors (Lipinski definition) is 11. The normalized spacial score (nSPS) is 14.1. The number of aliphatic hydroxyl groups excluding tert-OH is 1. The van der Waals surface area contributed by atoms with E-state index in [1.54, 1.807) is 58.0 Å². The molecule has 0 unspecified atom stereocenters. The highest BCUT2D eigenvalue weighted by molar-refractivity contribution is 5.96. The maximum Gasteiger partial charge on any atom is 0.303 e. The molecule has 0 aliphatic heterocycles. The lowest BCUT2D eigenvalue weighted by Gasteiger charge is -2.29. The van der Waals surface area contributed by atoms with E-state index < -0.39 is 87.0 Å². The molecule has 0 heterocycles. The van der Waals surface area contributed by atoms with Crippen molar-refractivity contribution in [3.63, 3.8) is 0 Å². The third-order valence-corrected chi connectivity index (χ3v) is 7.46. The molecule has 0 spiro atoms. The number of carboxylic acids is 1. The molecule has 18 nitrogen and oxygen atoms in total. The van der Waals surface area contributed by atoms with Gasteiger partial charge in [-0.2, -0.15) is 0 Å². The van der Waals surface area contributed by atoms with Gasteiger partial charge < -0.3 is 37.2 Å². The summed E-state index contributed by atoms with van der Waals surface area (Å²) in [5.74, 6) is -5.16. The van der Waals surface area contributed by atoms with Gasteiger partial charge in [-0.3, -0.25) is 44.2 Å². The summed E-state index contributed by atoms with van der Waals surface area (Å²) in [4.78, 5) is 84.7. The van der Waals surface area contributed by atoms with E-state index in [0.717, 1.165) is 12.1 Å². The van der Waals surface area contributed by atoms with Gasteiger partial charge in [-0.1, -0.05) is 58.0 Å². The van der Waals surface area contributed by atoms with Crippen LogP contribution in [0.15, 0.2) is 48.5 Å². The van der Waals surface area contributed by atoms with E-state index >= 15 is 0 Å². The molecule has 0 bridgehead atoms. The summed E-state index contributed by atoms with van der Waals surface area (Å²) in [5, 5.41) is 52.6. The van der Waals surface area contributed by atoms with Crippen molar-refractivity contribution in [1.29, 1.82) is 0 Å². The summed E-state index contributed by atoms with van der Waals surface area (Å²) in [7, 11) is 0. The van der Waals surface area contributed by atoms with Crippen molar-refractivity contribution in [3.05, 3.63) is 74.3 Å². The van der Waals surface area contributed by atoms with Crippen LogP contribution in [0.4, 0.5) is 17.1 Å².